The number of thiocarbonyl (C=S) groups is 1. The molecule has 0 spiro atoms. The van der Waals surface area contributed by atoms with E-state index in [0.29, 0.717) is 22.0 Å². The van der Waals surface area contributed by atoms with Crippen molar-refractivity contribution in [3.8, 4) is 0 Å². The van der Waals surface area contributed by atoms with Gasteiger partial charge in [-0.05, 0) is 49.0 Å². The minimum Gasteiger partial charge on any atom is -0.467 e. The molecule has 0 radical (unpaired) electrons. The molecule has 0 fully saturated rings. The molecule has 1 aromatic heterocycles. The summed E-state index contributed by atoms with van der Waals surface area (Å²) in [7, 11) is 0. The maximum Gasteiger partial charge on any atom is 0.406 e. The normalized spacial score (nSPS) is 11.3. The quantitative estimate of drug-likeness (QED) is 0.774. The Bertz CT molecular complexity index is 674. The average molecular weight is 363 g/mol. The number of alkyl halides is 3. The largest absolute Gasteiger partial charge is 0.467 e. The fourth-order valence-electron chi connectivity index (χ4n) is 1.94. The molecule has 0 unspecified atom stereocenters. The second-order valence-electron chi connectivity index (χ2n) is 4.89. The van der Waals surface area contributed by atoms with Crippen molar-refractivity contribution < 1.29 is 17.6 Å². The van der Waals surface area contributed by atoms with Crippen molar-refractivity contribution >= 4 is 34.6 Å². The molecular weight excluding hydrogens is 349 g/mol. The van der Waals surface area contributed by atoms with Crippen LogP contribution in [-0.4, -0.2) is 22.7 Å². The molecule has 23 heavy (non-hydrogen) atoms. The van der Waals surface area contributed by atoms with E-state index in [0.717, 1.165) is 4.90 Å². The van der Waals surface area contributed by atoms with Crippen LogP contribution in [-0.2, 0) is 6.54 Å². The summed E-state index contributed by atoms with van der Waals surface area (Å²) in [6.07, 6.45) is -2.99. The molecule has 0 bridgehead atoms. The van der Waals surface area contributed by atoms with Gasteiger partial charge in [0, 0.05) is 10.7 Å². The zero-order valence-electron chi connectivity index (χ0n) is 12.2. The van der Waals surface area contributed by atoms with Crippen LogP contribution < -0.4 is 5.32 Å². The summed E-state index contributed by atoms with van der Waals surface area (Å²) in [5.41, 5.74) is 1.27. The molecule has 1 aromatic carbocycles. The maximum absolute atomic E-state index is 12.8. The summed E-state index contributed by atoms with van der Waals surface area (Å²) in [5.74, 6) is 0.390. The Morgan fingerprint density at radius 2 is 2.04 bits per heavy atom. The molecule has 0 saturated carbocycles. The van der Waals surface area contributed by atoms with E-state index in [9.17, 15) is 13.2 Å². The smallest absolute Gasteiger partial charge is 0.406 e. The summed E-state index contributed by atoms with van der Waals surface area (Å²) >= 11 is 11.1. The number of halogens is 4. The summed E-state index contributed by atoms with van der Waals surface area (Å²) in [6, 6.07) is 8.30. The van der Waals surface area contributed by atoms with Crippen LogP contribution in [0.4, 0.5) is 18.9 Å². The van der Waals surface area contributed by atoms with Gasteiger partial charge in [0.2, 0.25) is 0 Å². The van der Waals surface area contributed by atoms with Crippen molar-refractivity contribution in [2.24, 2.45) is 0 Å². The van der Waals surface area contributed by atoms with Crippen molar-refractivity contribution in [3.63, 3.8) is 0 Å². The van der Waals surface area contributed by atoms with Gasteiger partial charge < -0.3 is 14.6 Å². The summed E-state index contributed by atoms with van der Waals surface area (Å²) in [6.45, 7) is 0.491. The van der Waals surface area contributed by atoms with Crippen LogP contribution >= 0.6 is 23.8 Å². The molecule has 2 aromatic rings. The van der Waals surface area contributed by atoms with E-state index in [1.807, 2.05) is 0 Å². The van der Waals surface area contributed by atoms with Gasteiger partial charge in [-0.15, -0.1) is 0 Å². The van der Waals surface area contributed by atoms with Crippen LogP contribution in [0.2, 0.25) is 5.02 Å². The molecule has 0 atom stereocenters. The molecule has 0 amide bonds. The van der Waals surface area contributed by atoms with Gasteiger partial charge >= 0.3 is 6.18 Å². The van der Waals surface area contributed by atoms with Crippen molar-refractivity contribution in [2.45, 2.75) is 19.6 Å². The highest BCUT2D eigenvalue weighted by Crippen LogP contribution is 2.24. The van der Waals surface area contributed by atoms with Crippen LogP contribution in [0.1, 0.15) is 11.3 Å². The van der Waals surface area contributed by atoms with Gasteiger partial charge in [0.25, 0.3) is 0 Å². The predicted molar refractivity (Wildman–Crippen MR) is 87.6 cm³/mol. The second-order valence-corrected chi connectivity index (χ2v) is 5.69. The molecule has 1 heterocycles. The van der Waals surface area contributed by atoms with Crippen LogP contribution in [0.3, 0.4) is 0 Å². The first-order valence-electron chi connectivity index (χ1n) is 6.66. The van der Waals surface area contributed by atoms with Gasteiger partial charge in [-0.2, -0.15) is 13.2 Å². The Kier molecular flexibility index (Phi) is 5.54. The topological polar surface area (TPSA) is 28.4 Å². The number of benzene rings is 1. The van der Waals surface area contributed by atoms with E-state index in [1.165, 1.54) is 6.26 Å². The molecule has 8 heteroatoms. The number of nitrogens with one attached hydrogen (secondary N) is 1. The highest BCUT2D eigenvalue weighted by molar-refractivity contribution is 7.80. The number of hydrogen-bond acceptors (Lipinski definition) is 2. The van der Waals surface area contributed by atoms with Crippen LogP contribution in [0.25, 0.3) is 0 Å². The zero-order valence-corrected chi connectivity index (χ0v) is 13.7. The van der Waals surface area contributed by atoms with Gasteiger partial charge in [-0.25, -0.2) is 0 Å². The molecule has 0 aliphatic rings. The fourth-order valence-corrected chi connectivity index (χ4v) is 2.36. The standard InChI is InChI=1S/C15H14ClF3N2OS/c1-10-12(16)5-2-6-13(10)20-14(23)21(9-15(17,18)19)8-11-4-3-7-22-11/h2-7H,8-9H2,1H3,(H,20,23). The zero-order chi connectivity index (χ0) is 17.0. The van der Waals surface area contributed by atoms with E-state index >= 15 is 0 Å². The number of rotatable bonds is 4. The average Bonchev–Trinajstić information content (AvgIpc) is 2.94. The van der Waals surface area contributed by atoms with Gasteiger partial charge in [0.05, 0.1) is 12.8 Å². The number of anilines is 1. The summed E-state index contributed by atoms with van der Waals surface area (Å²) < 4.78 is 43.5. The van der Waals surface area contributed by atoms with E-state index in [-0.39, 0.29) is 11.7 Å². The summed E-state index contributed by atoms with van der Waals surface area (Å²) in [5, 5.41) is 3.27. The third-order valence-electron chi connectivity index (χ3n) is 3.09. The molecule has 0 aliphatic heterocycles. The third kappa shape index (κ3) is 5.14. The molecule has 3 nitrogen and oxygen atoms in total. The third-order valence-corrected chi connectivity index (χ3v) is 3.86. The van der Waals surface area contributed by atoms with Gasteiger partial charge in [0.15, 0.2) is 5.11 Å². The van der Waals surface area contributed by atoms with Crippen LogP contribution in [0, 0.1) is 6.92 Å². The number of furan rings is 1. The lowest BCUT2D eigenvalue weighted by Gasteiger charge is -2.26. The first-order chi connectivity index (χ1) is 10.8. The van der Waals surface area contributed by atoms with Crippen molar-refractivity contribution in [1.82, 2.24) is 4.90 Å². The number of nitrogens with zero attached hydrogens (tertiary/aromatic N) is 1. The van der Waals surface area contributed by atoms with E-state index in [1.54, 1.807) is 37.3 Å². The van der Waals surface area contributed by atoms with Crippen molar-refractivity contribution in [3.05, 3.63) is 52.9 Å². The Labute approximate surface area is 142 Å². The predicted octanol–water partition coefficient (Wildman–Crippen LogP) is 5.00. The molecule has 124 valence electrons. The second kappa shape index (κ2) is 7.23. The lowest BCUT2D eigenvalue weighted by atomic mass is 10.2. The van der Waals surface area contributed by atoms with E-state index in [2.05, 4.69) is 5.32 Å². The van der Waals surface area contributed by atoms with Crippen molar-refractivity contribution in [2.75, 3.05) is 11.9 Å². The van der Waals surface area contributed by atoms with Gasteiger partial charge in [0.1, 0.15) is 12.3 Å². The van der Waals surface area contributed by atoms with Crippen molar-refractivity contribution in [1.29, 1.82) is 0 Å². The highest BCUT2D eigenvalue weighted by Gasteiger charge is 2.32. The monoisotopic (exact) mass is 362 g/mol. The van der Waals surface area contributed by atoms with Crippen LogP contribution in [0.5, 0.6) is 0 Å². The highest BCUT2D eigenvalue weighted by atomic mass is 35.5. The number of hydrogen-bond donors (Lipinski definition) is 1. The lowest BCUT2D eigenvalue weighted by molar-refractivity contribution is -0.138. The SMILES string of the molecule is Cc1c(Cl)cccc1NC(=S)N(Cc1ccco1)CC(F)(F)F. The minimum absolute atomic E-state index is 0.0518. The fraction of sp³-hybridized carbons (Fsp3) is 0.267. The van der Waals surface area contributed by atoms with Crippen LogP contribution in [0.15, 0.2) is 41.0 Å². The minimum atomic E-state index is -4.39. The first kappa shape index (κ1) is 17.6. The van der Waals surface area contributed by atoms with E-state index < -0.39 is 12.7 Å². The molecule has 0 saturated heterocycles. The lowest BCUT2D eigenvalue weighted by Crippen LogP contribution is -2.40. The first-order valence-corrected chi connectivity index (χ1v) is 7.45. The Morgan fingerprint density at radius 3 is 2.65 bits per heavy atom. The summed E-state index contributed by atoms with van der Waals surface area (Å²) in [4.78, 5) is 0.995. The molecule has 1 N–H and O–H groups in total. The Morgan fingerprint density at radius 1 is 1.30 bits per heavy atom. The molecule has 0 aliphatic carbocycles. The molecular formula is C15H14ClF3N2OS. The van der Waals surface area contributed by atoms with Gasteiger partial charge in [-0.3, -0.25) is 0 Å². The molecule has 2 rings (SSSR count). The Hall–Kier alpha value is -1.73. The van der Waals surface area contributed by atoms with Gasteiger partial charge in [-0.1, -0.05) is 17.7 Å². The van der Waals surface area contributed by atoms with E-state index in [4.69, 9.17) is 28.2 Å². The maximum atomic E-state index is 12.8. The Balaban J connectivity index is 2.17.